The number of thiophene rings is 1. The van der Waals surface area contributed by atoms with Crippen LogP contribution in [-0.2, 0) is 19.4 Å². The molecule has 0 radical (unpaired) electrons. The normalized spacial score (nSPS) is 12.9. The van der Waals surface area contributed by atoms with Gasteiger partial charge < -0.3 is 4.74 Å². The molecule has 0 aliphatic heterocycles. The minimum absolute atomic E-state index is 0.000539. The summed E-state index contributed by atoms with van der Waals surface area (Å²) in [5.74, 6) is -0.459. The number of carbonyl (C=O) groups is 1. The SMILES string of the molecule is CC(C)(C)OC(=O)C=Cc1cc2ncnc(S(C)(=O)=O)c2s1. The van der Waals surface area contributed by atoms with Gasteiger partial charge >= 0.3 is 5.97 Å². The minimum Gasteiger partial charge on any atom is -0.457 e. The van der Waals surface area contributed by atoms with E-state index in [2.05, 4.69) is 9.97 Å². The molecule has 0 aromatic carbocycles. The summed E-state index contributed by atoms with van der Waals surface area (Å²) >= 11 is 1.21. The van der Waals surface area contributed by atoms with Crippen LogP contribution in [0.3, 0.4) is 0 Å². The Morgan fingerprint density at radius 3 is 2.59 bits per heavy atom. The molecule has 0 fully saturated rings. The summed E-state index contributed by atoms with van der Waals surface area (Å²) in [5.41, 5.74) is -0.0273. The predicted molar refractivity (Wildman–Crippen MR) is 85.4 cm³/mol. The second-order valence-corrected chi connectivity index (χ2v) is 8.70. The van der Waals surface area contributed by atoms with E-state index in [0.717, 1.165) is 6.26 Å². The molecule has 6 nitrogen and oxygen atoms in total. The van der Waals surface area contributed by atoms with Crippen molar-refractivity contribution in [2.45, 2.75) is 31.4 Å². The average Bonchev–Trinajstić information content (AvgIpc) is 2.75. The molecule has 0 bridgehead atoms. The van der Waals surface area contributed by atoms with Gasteiger partial charge in [0.05, 0.1) is 10.2 Å². The number of sulfone groups is 1. The van der Waals surface area contributed by atoms with Crippen LogP contribution in [0, 0.1) is 0 Å². The third kappa shape index (κ3) is 4.11. The van der Waals surface area contributed by atoms with E-state index in [9.17, 15) is 13.2 Å². The van der Waals surface area contributed by atoms with Gasteiger partial charge in [-0.1, -0.05) is 0 Å². The van der Waals surface area contributed by atoms with Crippen molar-refractivity contribution in [2.75, 3.05) is 6.26 Å². The fourth-order valence-electron chi connectivity index (χ4n) is 1.68. The first-order valence-corrected chi connectivity index (χ1v) is 9.13. The predicted octanol–water partition coefficient (Wildman–Crippen LogP) is 2.45. The van der Waals surface area contributed by atoms with Gasteiger partial charge in [0.15, 0.2) is 14.9 Å². The van der Waals surface area contributed by atoms with E-state index < -0.39 is 21.4 Å². The van der Waals surface area contributed by atoms with Crippen molar-refractivity contribution in [3.05, 3.63) is 23.3 Å². The van der Waals surface area contributed by atoms with Crippen molar-refractivity contribution in [1.82, 2.24) is 9.97 Å². The Morgan fingerprint density at radius 1 is 1.32 bits per heavy atom. The summed E-state index contributed by atoms with van der Waals surface area (Å²) in [7, 11) is -3.43. The molecule has 2 rings (SSSR count). The Bertz CT molecular complexity index is 845. The number of hydrogen-bond acceptors (Lipinski definition) is 7. The van der Waals surface area contributed by atoms with Gasteiger partial charge in [0.1, 0.15) is 11.9 Å². The Kier molecular flexibility index (Phi) is 4.35. The lowest BCUT2D eigenvalue weighted by molar-refractivity contribution is -0.148. The van der Waals surface area contributed by atoms with Crippen LogP contribution in [0.4, 0.5) is 0 Å². The molecule has 0 unspecified atom stereocenters. The van der Waals surface area contributed by atoms with Crippen molar-refractivity contribution < 1.29 is 17.9 Å². The first-order valence-electron chi connectivity index (χ1n) is 6.42. The monoisotopic (exact) mass is 340 g/mol. The van der Waals surface area contributed by atoms with E-state index in [4.69, 9.17) is 4.74 Å². The lowest BCUT2D eigenvalue weighted by atomic mass is 10.2. The molecule has 0 amide bonds. The van der Waals surface area contributed by atoms with E-state index in [0.29, 0.717) is 15.1 Å². The molecule has 0 N–H and O–H groups in total. The van der Waals surface area contributed by atoms with Crippen LogP contribution in [0.1, 0.15) is 25.6 Å². The average molecular weight is 340 g/mol. The first-order chi connectivity index (χ1) is 10.1. The van der Waals surface area contributed by atoms with Crippen molar-refractivity contribution in [3.63, 3.8) is 0 Å². The van der Waals surface area contributed by atoms with Crippen LogP contribution < -0.4 is 0 Å². The van der Waals surface area contributed by atoms with Crippen molar-refractivity contribution in [3.8, 4) is 0 Å². The minimum atomic E-state index is -3.43. The number of ether oxygens (including phenoxy) is 1. The molecular formula is C14H16N2O4S2. The van der Waals surface area contributed by atoms with E-state index >= 15 is 0 Å². The summed E-state index contributed by atoms with van der Waals surface area (Å²) in [6.45, 7) is 5.35. The lowest BCUT2D eigenvalue weighted by Crippen LogP contribution is -2.22. The van der Waals surface area contributed by atoms with Gasteiger partial charge in [0.2, 0.25) is 0 Å². The Labute approximate surface area is 132 Å². The van der Waals surface area contributed by atoms with Crippen molar-refractivity contribution >= 4 is 43.4 Å². The van der Waals surface area contributed by atoms with E-state index in [1.807, 2.05) is 0 Å². The molecule has 0 spiro atoms. The highest BCUT2D eigenvalue weighted by Crippen LogP contribution is 2.29. The molecule has 2 aromatic rings. The highest BCUT2D eigenvalue weighted by atomic mass is 32.2. The van der Waals surface area contributed by atoms with E-state index in [-0.39, 0.29) is 5.03 Å². The zero-order valence-corrected chi connectivity index (χ0v) is 14.3. The molecule has 0 saturated heterocycles. The number of aromatic nitrogens is 2. The van der Waals surface area contributed by atoms with E-state index in [1.165, 1.54) is 23.7 Å². The molecule has 8 heteroatoms. The molecular weight excluding hydrogens is 324 g/mol. The summed E-state index contributed by atoms with van der Waals surface area (Å²) in [6, 6.07) is 1.71. The molecule has 0 aliphatic rings. The van der Waals surface area contributed by atoms with Crippen LogP contribution >= 0.6 is 11.3 Å². The van der Waals surface area contributed by atoms with Crippen LogP contribution in [0.25, 0.3) is 16.3 Å². The quantitative estimate of drug-likeness (QED) is 0.484. The maximum Gasteiger partial charge on any atom is 0.331 e. The van der Waals surface area contributed by atoms with Gasteiger partial charge in [-0.15, -0.1) is 11.3 Å². The summed E-state index contributed by atoms with van der Waals surface area (Å²) in [5, 5.41) is -0.000539. The highest BCUT2D eigenvalue weighted by Gasteiger charge is 2.17. The van der Waals surface area contributed by atoms with Crippen molar-refractivity contribution in [1.29, 1.82) is 0 Å². The Balaban J connectivity index is 2.33. The zero-order chi connectivity index (χ0) is 16.5. The second kappa shape index (κ2) is 5.77. The maximum atomic E-state index is 11.7. The number of hydrogen-bond donors (Lipinski definition) is 0. The second-order valence-electron chi connectivity index (χ2n) is 5.68. The molecule has 0 aliphatic carbocycles. The molecule has 118 valence electrons. The fourth-order valence-corrected chi connectivity index (χ4v) is 3.84. The smallest absolute Gasteiger partial charge is 0.331 e. The standard InChI is InChI=1S/C14H16N2O4S2/c1-14(2,3)20-11(17)6-5-9-7-10-12(21-9)13(16-8-15-10)22(4,18)19/h5-8H,1-4H3. The van der Waals surface area contributed by atoms with Crippen molar-refractivity contribution in [2.24, 2.45) is 0 Å². The molecule has 0 saturated carbocycles. The van der Waals surface area contributed by atoms with Crippen LogP contribution in [0.15, 0.2) is 23.5 Å². The first kappa shape index (κ1) is 16.6. The molecule has 22 heavy (non-hydrogen) atoms. The molecule has 0 atom stereocenters. The number of rotatable bonds is 3. The summed E-state index contributed by atoms with van der Waals surface area (Å²) < 4.78 is 29.1. The van der Waals surface area contributed by atoms with E-state index in [1.54, 1.807) is 32.9 Å². The lowest BCUT2D eigenvalue weighted by Gasteiger charge is -2.17. The summed E-state index contributed by atoms with van der Waals surface area (Å²) in [6.07, 6.45) is 5.20. The van der Waals surface area contributed by atoms with Gasteiger partial charge in [0.25, 0.3) is 0 Å². The topological polar surface area (TPSA) is 86.2 Å². The van der Waals surface area contributed by atoms with Gasteiger partial charge in [-0.3, -0.25) is 0 Å². The van der Waals surface area contributed by atoms with Crippen LogP contribution in [-0.4, -0.2) is 36.2 Å². The number of fused-ring (bicyclic) bond motifs is 1. The number of esters is 1. The third-order valence-corrected chi connectivity index (χ3v) is 4.68. The van der Waals surface area contributed by atoms with Crippen LogP contribution in [0.2, 0.25) is 0 Å². The number of carbonyl (C=O) groups excluding carboxylic acids is 1. The Hall–Kier alpha value is -1.80. The third-order valence-electron chi connectivity index (χ3n) is 2.44. The molecule has 2 heterocycles. The van der Waals surface area contributed by atoms with Crippen LogP contribution in [0.5, 0.6) is 0 Å². The molecule has 2 aromatic heterocycles. The number of nitrogens with zero attached hydrogens (tertiary/aromatic N) is 2. The maximum absolute atomic E-state index is 11.7. The van der Waals surface area contributed by atoms with Gasteiger partial charge in [0, 0.05) is 17.2 Å². The van der Waals surface area contributed by atoms with Gasteiger partial charge in [-0.05, 0) is 32.9 Å². The zero-order valence-electron chi connectivity index (χ0n) is 12.7. The highest BCUT2D eigenvalue weighted by molar-refractivity contribution is 7.91. The summed E-state index contributed by atoms with van der Waals surface area (Å²) in [4.78, 5) is 20.2. The van der Waals surface area contributed by atoms with Gasteiger partial charge in [-0.25, -0.2) is 23.2 Å². The Morgan fingerprint density at radius 2 is 2.00 bits per heavy atom. The fraction of sp³-hybridized carbons (Fsp3) is 0.357. The largest absolute Gasteiger partial charge is 0.457 e. The van der Waals surface area contributed by atoms with Gasteiger partial charge in [-0.2, -0.15) is 0 Å².